The van der Waals surface area contributed by atoms with E-state index in [4.69, 9.17) is 10.8 Å². The first-order chi connectivity index (χ1) is 18.4. The summed E-state index contributed by atoms with van der Waals surface area (Å²) in [6, 6.07) is 12.9. The van der Waals surface area contributed by atoms with E-state index >= 15 is 0 Å². The number of aromatic carboxylic acids is 1. The summed E-state index contributed by atoms with van der Waals surface area (Å²) in [6.45, 7) is 2.76. The Bertz CT molecular complexity index is 1460. The van der Waals surface area contributed by atoms with Crippen LogP contribution < -0.4 is 5.73 Å². The number of benzene rings is 2. The topological polar surface area (TPSA) is 143 Å². The molecule has 0 atom stereocenters. The number of carboxylic acid groups (broad SMARTS) is 1. The maximum absolute atomic E-state index is 12.4. The van der Waals surface area contributed by atoms with Gasteiger partial charge in [-0.2, -0.15) is 0 Å². The molecule has 11 heteroatoms. The maximum atomic E-state index is 12.4. The first kappa shape index (κ1) is 27.3. The molecule has 0 aliphatic carbocycles. The van der Waals surface area contributed by atoms with Gasteiger partial charge in [-0.15, -0.1) is 33.3 Å². The molecule has 0 aliphatic rings. The zero-order valence-electron chi connectivity index (χ0n) is 21.0. The van der Waals surface area contributed by atoms with Gasteiger partial charge in [0.1, 0.15) is 5.69 Å². The van der Waals surface area contributed by atoms with E-state index in [-0.39, 0.29) is 28.0 Å². The van der Waals surface area contributed by atoms with E-state index in [1.165, 1.54) is 5.38 Å². The highest BCUT2D eigenvalue weighted by Gasteiger charge is 2.18. The van der Waals surface area contributed by atoms with E-state index in [0.29, 0.717) is 6.54 Å². The van der Waals surface area contributed by atoms with Crippen molar-refractivity contribution in [2.45, 2.75) is 50.5 Å². The van der Waals surface area contributed by atoms with Crippen molar-refractivity contribution in [2.24, 2.45) is 10.2 Å². The summed E-state index contributed by atoms with van der Waals surface area (Å²) in [7, 11) is 0. The number of amides is 1. The Morgan fingerprint density at radius 3 is 2.61 bits per heavy atom. The lowest BCUT2D eigenvalue weighted by Crippen LogP contribution is -1.97. The number of aromatic nitrogens is 2. The minimum Gasteiger partial charge on any atom is -0.493 e. The molecule has 198 valence electrons. The van der Waals surface area contributed by atoms with Crippen molar-refractivity contribution < 1.29 is 19.8 Å². The zero-order valence-corrected chi connectivity index (χ0v) is 22.6. The number of aryl methyl sites for hydroxylation is 2. The van der Waals surface area contributed by atoms with Gasteiger partial charge >= 0.3 is 11.9 Å². The lowest BCUT2D eigenvalue weighted by Gasteiger charge is -2.07. The summed E-state index contributed by atoms with van der Waals surface area (Å²) in [4.78, 5) is 28.4. The van der Waals surface area contributed by atoms with Crippen LogP contribution in [0.1, 0.15) is 59.0 Å². The molecule has 4 N–H and O–H groups in total. The fourth-order valence-electron chi connectivity index (χ4n) is 4.05. The quantitative estimate of drug-likeness (QED) is 0.0984. The highest BCUT2D eigenvalue weighted by Crippen LogP contribution is 2.41. The van der Waals surface area contributed by atoms with Crippen LogP contribution >= 0.6 is 23.1 Å². The first-order valence-corrected chi connectivity index (χ1v) is 14.2. The Hall–Kier alpha value is -3.70. The third-order valence-electron chi connectivity index (χ3n) is 6.03. The molecule has 2 aromatic carbocycles. The standard InChI is InChI=1S/C27H29N5O4S2/c1-2-3-4-13-32-22-12-11-19(37-14-5-6-17-7-9-18(10-8-17)26(35)36)15-20(22)23(25(32)34)30-31-24(33)21-16-38-27(28)29-21/h7-12,15-16,34H,2-6,13-14H2,1H3,(H2,28,29)(H,35,36). The number of fused-ring (bicyclic) bond motifs is 1. The minimum atomic E-state index is -0.927. The highest BCUT2D eigenvalue weighted by atomic mass is 32.2. The molecule has 2 aromatic heterocycles. The van der Waals surface area contributed by atoms with Gasteiger partial charge in [0.25, 0.3) is 0 Å². The lowest BCUT2D eigenvalue weighted by atomic mass is 10.1. The third kappa shape index (κ3) is 6.59. The predicted molar refractivity (Wildman–Crippen MR) is 151 cm³/mol. The van der Waals surface area contributed by atoms with Crippen LogP contribution in [-0.4, -0.2) is 37.4 Å². The summed E-state index contributed by atoms with van der Waals surface area (Å²) in [5.74, 6) is -0.706. The second-order valence-electron chi connectivity index (χ2n) is 8.74. The fourth-order valence-corrected chi connectivity index (χ4v) is 5.48. The van der Waals surface area contributed by atoms with Crippen LogP contribution in [0.5, 0.6) is 5.88 Å². The van der Waals surface area contributed by atoms with Crippen LogP contribution in [0.2, 0.25) is 0 Å². The lowest BCUT2D eigenvalue weighted by molar-refractivity contribution is 0.0696. The number of hydrogen-bond donors (Lipinski definition) is 3. The normalized spacial score (nSPS) is 11.5. The average molecular weight is 552 g/mol. The summed E-state index contributed by atoms with van der Waals surface area (Å²) in [6.07, 6.45) is 4.75. The first-order valence-electron chi connectivity index (χ1n) is 12.3. The van der Waals surface area contributed by atoms with E-state index < -0.39 is 11.9 Å². The smallest absolute Gasteiger partial charge is 0.335 e. The van der Waals surface area contributed by atoms with Crippen molar-refractivity contribution in [1.82, 2.24) is 9.55 Å². The number of carboxylic acids is 1. The van der Waals surface area contributed by atoms with Gasteiger partial charge in [0.15, 0.2) is 10.8 Å². The van der Waals surface area contributed by atoms with E-state index in [9.17, 15) is 14.7 Å². The minimum absolute atomic E-state index is 0.0163. The number of nitrogens with zero attached hydrogens (tertiary/aromatic N) is 4. The number of thioether (sulfide) groups is 1. The van der Waals surface area contributed by atoms with Crippen molar-refractivity contribution in [3.63, 3.8) is 0 Å². The average Bonchev–Trinajstić information content (AvgIpc) is 3.46. The summed E-state index contributed by atoms with van der Waals surface area (Å²) in [5.41, 5.74) is 8.21. The van der Waals surface area contributed by atoms with Crippen molar-refractivity contribution in [1.29, 1.82) is 0 Å². The number of azo groups is 1. The molecule has 0 spiro atoms. The number of hydrogen-bond acceptors (Lipinski definition) is 8. The van der Waals surface area contributed by atoms with Crippen molar-refractivity contribution >= 4 is 56.7 Å². The van der Waals surface area contributed by atoms with Gasteiger partial charge in [-0.25, -0.2) is 9.78 Å². The van der Waals surface area contributed by atoms with Gasteiger partial charge < -0.3 is 20.5 Å². The Morgan fingerprint density at radius 1 is 1.13 bits per heavy atom. The predicted octanol–water partition coefficient (Wildman–Crippen LogP) is 6.92. The number of nitrogen functional groups attached to an aromatic ring is 1. The molecule has 2 heterocycles. The maximum Gasteiger partial charge on any atom is 0.335 e. The number of nitrogens with two attached hydrogens (primary N) is 1. The molecule has 0 aliphatic heterocycles. The molecule has 9 nitrogen and oxygen atoms in total. The molecule has 0 saturated heterocycles. The monoisotopic (exact) mass is 551 g/mol. The van der Waals surface area contributed by atoms with Gasteiger partial charge in [0.2, 0.25) is 5.88 Å². The second-order valence-corrected chi connectivity index (χ2v) is 10.8. The number of rotatable bonds is 12. The van der Waals surface area contributed by atoms with Gasteiger partial charge in [0.05, 0.1) is 11.1 Å². The van der Waals surface area contributed by atoms with E-state index in [1.807, 2.05) is 34.9 Å². The van der Waals surface area contributed by atoms with E-state index in [0.717, 1.165) is 70.6 Å². The molecule has 0 unspecified atom stereocenters. The number of carbonyl (C=O) groups excluding carboxylic acids is 1. The number of aromatic hydroxyl groups is 1. The Balaban J connectivity index is 1.50. The summed E-state index contributed by atoms with van der Waals surface area (Å²) < 4.78 is 1.82. The number of anilines is 1. The molecule has 4 rings (SSSR count). The van der Waals surface area contributed by atoms with Gasteiger partial charge in [0, 0.05) is 22.2 Å². The number of carbonyl (C=O) groups is 2. The van der Waals surface area contributed by atoms with Crippen LogP contribution in [0.3, 0.4) is 0 Å². The Morgan fingerprint density at radius 2 is 1.92 bits per heavy atom. The van der Waals surface area contributed by atoms with Crippen LogP contribution in [0, 0.1) is 0 Å². The number of thiazole rings is 1. The van der Waals surface area contributed by atoms with Gasteiger partial charge in [-0.3, -0.25) is 4.79 Å². The van der Waals surface area contributed by atoms with Crippen LogP contribution in [-0.2, 0) is 13.0 Å². The van der Waals surface area contributed by atoms with Crippen molar-refractivity contribution in [3.05, 3.63) is 64.7 Å². The second kappa shape index (κ2) is 12.7. The molecular formula is C27H29N5O4S2. The molecular weight excluding hydrogens is 522 g/mol. The molecule has 0 fully saturated rings. The number of unbranched alkanes of at least 4 members (excludes halogenated alkanes) is 2. The Labute approximate surface area is 228 Å². The van der Waals surface area contributed by atoms with E-state index in [1.54, 1.807) is 23.9 Å². The van der Waals surface area contributed by atoms with Gasteiger partial charge in [-0.05, 0) is 60.9 Å². The zero-order chi connectivity index (χ0) is 27.1. The largest absolute Gasteiger partial charge is 0.493 e. The molecule has 4 aromatic rings. The molecule has 1 amide bonds. The van der Waals surface area contributed by atoms with E-state index in [2.05, 4.69) is 22.1 Å². The molecule has 0 radical (unpaired) electrons. The molecule has 0 bridgehead atoms. The van der Waals surface area contributed by atoms with Crippen molar-refractivity contribution in [2.75, 3.05) is 11.5 Å². The van der Waals surface area contributed by atoms with Crippen molar-refractivity contribution in [3.8, 4) is 5.88 Å². The van der Waals surface area contributed by atoms with Crippen LogP contribution in [0.25, 0.3) is 10.9 Å². The van der Waals surface area contributed by atoms with Crippen LogP contribution in [0.15, 0.2) is 63.0 Å². The van der Waals surface area contributed by atoms with Crippen LogP contribution in [0.4, 0.5) is 10.8 Å². The third-order valence-corrected chi connectivity index (χ3v) is 7.78. The Kier molecular flexibility index (Phi) is 9.14. The van der Waals surface area contributed by atoms with Gasteiger partial charge in [-0.1, -0.05) is 31.9 Å². The summed E-state index contributed by atoms with van der Waals surface area (Å²) in [5, 5.41) is 30.5. The molecule has 0 saturated carbocycles. The fraction of sp³-hybridized carbons (Fsp3) is 0.296. The summed E-state index contributed by atoms with van der Waals surface area (Å²) >= 11 is 2.84. The SMILES string of the molecule is CCCCCn1c(O)c(N=NC(=O)c2csc(N)n2)c2cc(SCCCc3ccc(C(=O)O)cc3)ccc21. The molecule has 38 heavy (non-hydrogen) atoms. The highest BCUT2D eigenvalue weighted by molar-refractivity contribution is 7.99.